The Labute approximate surface area is 133 Å². The lowest BCUT2D eigenvalue weighted by Crippen LogP contribution is -2.17. The monoisotopic (exact) mass is 312 g/mol. The maximum absolute atomic E-state index is 11.8. The molecule has 0 saturated heterocycles. The van der Waals surface area contributed by atoms with Gasteiger partial charge >= 0.3 is 5.97 Å². The molecule has 3 nitrogen and oxygen atoms in total. The normalized spacial score (nSPS) is 10.4. The van der Waals surface area contributed by atoms with E-state index in [0.717, 1.165) is 10.8 Å². The minimum Gasteiger partial charge on any atom is -0.482 e. The van der Waals surface area contributed by atoms with E-state index in [1.807, 2.05) is 36.4 Å². The number of carbonyl (C=O) groups excluding carboxylic acids is 1. The molecular formula is C18H13ClO3. The molecule has 0 N–H and O–H groups in total. The molecule has 0 spiro atoms. The first-order valence-corrected chi connectivity index (χ1v) is 7.16. The molecule has 0 aliphatic heterocycles. The van der Waals surface area contributed by atoms with E-state index in [1.54, 1.807) is 30.3 Å². The summed E-state index contributed by atoms with van der Waals surface area (Å²) in [5, 5.41) is 2.67. The van der Waals surface area contributed by atoms with E-state index < -0.39 is 5.97 Å². The van der Waals surface area contributed by atoms with Crippen molar-refractivity contribution in [3.05, 3.63) is 71.8 Å². The van der Waals surface area contributed by atoms with E-state index in [-0.39, 0.29) is 6.61 Å². The van der Waals surface area contributed by atoms with Gasteiger partial charge in [0.1, 0.15) is 11.5 Å². The molecule has 3 aromatic carbocycles. The second-order valence-corrected chi connectivity index (χ2v) is 5.17. The molecular weight excluding hydrogens is 300 g/mol. The highest BCUT2D eigenvalue weighted by molar-refractivity contribution is 6.30. The lowest BCUT2D eigenvalue weighted by atomic mass is 10.1. The molecule has 0 aliphatic rings. The fourth-order valence-electron chi connectivity index (χ4n) is 2.09. The summed E-state index contributed by atoms with van der Waals surface area (Å²) in [5.74, 6) is 0.566. The molecule has 4 heteroatoms. The van der Waals surface area contributed by atoms with Crippen LogP contribution in [-0.2, 0) is 4.79 Å². The maximum atomic E-state index is 11.8. The molecule has 22 heavy (non-hydrogen) atoms. The van der Waals surface area contributed by atoms with Crippen molar-refractivity contribution in [1.82, 2.24) is 0 Å². The maximum Gasteiger partial charge on any atom is 0.349 e. The molecule has 110 valence electrons. The molecule has 0 heterocycles. The predicted octanol–water partition coefficient (Wildman–Crippen LogP) is 4.48. The van der Waals surface area contributed by atoms with Crippen LogP contribution in [-0.4, -0.2) is 12.6 Å². The standard InChI is InChI=1S/C18H13ClO3/c19-15-6-3-7-16(11-15)21-12-18(20)22-17-9-8-13-4-1-2-5-14(13)10-17/h1-11H,12H2. The Morgan fingerprint density at radius 2 is 1.68 bits per heavy atom. The van der Waals surface area contributed by atoms with Crippen molar-refractivity contribution in [3.8, 4) is 11.5 Å². The van der Waals surface area contributed by atoms with Gasteiger partial charge in [0.05, 0.1) is 0 Å². The Morgan fingerprint density at radius 3 is 2.50 bits per heavy atom. The molecule has 0 saturated carbocycles. The third kappa shape index (κ3) is 3.57. The minimum absolute atomic E-state index is 0.173. The fraction of sp³-hybridized carbons (Fsp3) is 0.0556. The average Bonchev–Trinajstić information content (AvgIpc) is 2.53. The van der Waals surface area contributed by atoms with Crippen LogP contribution in [0, 0.1) is 0 Å². The van der Waals surface area contributed by atoms with E-state index in [4.69, 9.17) is 21.1 Å². The number of halogens is 1. The van der Waals surface area contributed by atoms with Crippen LogP contribution < -0.4 is 9.47 Å². The van der Waals surface area contributed by atoms with Gasteiger partial charge in [0, 0.05) is 5.02 Å². The summed E-state index contributed by atoms with van der Waals surface area (Å²) in [5.41, 5.74) is 0. The van der Waals surface area contributed by atoms with Gasteiger partial charge in [-0.15, -0.1) is 0 Å². The number of carbonyl (C=O) groups is 1. The first kappa shape index (κ1) is 14.4. The summed E-state index contributed by atoms with van der Waals surface area (Å²) in [7, 11) is 0. The van der Waals surface area contributed by atoms with Crippen LogP contribution in [0.5, 0.6) is 11.5 Å². The molecule has 0 fully saturated rings. The van der Waals surface area contributed by atoms with Crippen molar-refractivity contribution >= 4 is 28.3 Å². The van der Waals surface area contributed by atoms with E-state index in [0.29, 0.717) is 16.5 Å². The van der Waals surface area contributed by atoms with Gasteiger partial charge in [0.25, 0.3) is 0 Å². The first-order valence-electron chi connectivity index (χ1n) is 6.78. The highest BCUT2D eigenvalue weighted by Gasteiger charge is 2.07. The Bertz CT molecular complexity index is 814. The number of ether oxygens (including phenoxy) is 2. The van der Waals surface area contributed by atoms with E-state index in [9.17, 15) is 4.79 Å². The zero-order valence-electron chi connectivity index (χ0n) is 11.7. The third-order valence-electron chi connectivity index (χ3n) is 3.11. The lowest BCUT2D eigenvalue weighted by molar-refractivity contribution is -0.136. The Kier molecular flexibility index (Phi) is 4.26. The highest BCUT2D eigenvalue weighted by Crippen LogP contribution is 2.21. The van der Waals surface area contributed by atoms with Crippen molar-refractivity contribution in [2.45, 2.75) is 0 Å². The highest BCUT2D eigenvalue weighted by atomic mass is 35.5. The second kappa shape index (κ2) is 6.50. The molecule has 3 rings (SSSR count). The predicted molar refractivity (Wildman–Crippen MR) is 86.5 cm³/mol. The smallest absolute Gasteiger partial charge is 0.349 e. The van der Waals surface area contributed by atoms with Crippen LogP contribution in [0.3, 0.4) is 0 Å². The van der Waals surface area contributed by atoms with Crippen LogP contribution in [0.2, 0.25) is 5.02 Å². The summed E-state index contributed by atoms with van der Waals surface area (Å²) < 4.78 is 10.6. The van der Waals surface area contributed by atoms with Gasteiger partial charge < -0.3 is 9.47 Å². The van der Waals surface area contributed by atoms with Gasteiger partial charge in [-0.1, -0.05) is 48.0 Å². The summed E-state index contributed by atoms with van der Waals surface area (Å²) in [4.78, 5) is 11.8. The van der Waals surface area contributed by atoms with Gasteiger partial charge in [-0.2, -0.15) is 0 Å². The van der Waals surface area contributed by atoms with E-state index >= 15 is 0 Å². The summed E-state index contributed by atoms with van der Waals surface area (Å²) in [6.07, 6.45) is 0. The van der Waals surface area contributed by atoms with E-state index in [2.05, 4.69) is 0 Å². The minimum atomic E-state index is -0.463. The third-order valence-corrected chi connectivity index (χ3v) is 3.34. The van der Waals surface area contributed by atoms with E-state index in [1.165, 1.54) is 0 Å². The Hall–Kier alpha value is -2.52. The molecule has 0 unspecified atom stereocenters. The van der Waals surface area contributed by atoms with Crippen molar-refractivity contribution in [2.75, 3.05) is 6.61 Å². The topological polar surface area (TPSA) is 35.5 Å². The Morgan fingerprint density at radius 1 is 0.864 bits per heavy atom. The zero-order valence-corrected chi connectivity index (χ0v) is 12.4. The van der Waals surface area contributed by atoms with Crippen LogP contribution in [0.4, 0.5) is 0 Å². The summed E-state index contributed by atoms with van der Waals surface area (Å²) >= 11 is 5.85. The lowest BCUT2D eigenvalue weighted by Gasteiger charge is -2.07. The molecule has 0 bridgehead atoms. The van der Waals surface area contributed by atoms with Gasteiger partial charge in [0.15, 0.2) is 6.61 Å². The number of rotatable bonds is 4. The molecule has 0 atom stereocenters. The van der Waals surface area contributed by atoms with Crippen LogP contribution in [0.25, 0.3) is 10.8 Å². The van der Waals surface area contributed by atoms with Gasteiger partial charge in [0.2, 0.25) is 0 Å². The number of benzene rings is 3. The zero-order chi connectivity index (χ0) is 15.4. The molecule has 3 aromatic rings. The van der Waals surface area contributed by atoms with Gasteiger partial charge in [-0.05, 0) is 41.1 Å². The number of hydrogen-bond acceptors (Lipinski definition) is 3. The van der Waals surface area contributed by atoms with Gasteiger partial charge in [-0.3, -0.25) is 0 Å². The quantitative estimate of drug-likeness (QED) is 0.526. The average molecular weight is 313 g/mol. The fourth-order valence-corrected chi connectivity index (χ4v) is 2.27. The molecule has 0 amide bonds. The number of fused-ring (bicyclic) bond motifs is 1. The van der Waals surface area contributed by atoms with Crippen LogP contribution >= 0.6 is 11.6 Å². The summed E-state index contributed by atoms with van der Waals surface area (Å²) in [6.45, 7) is -0.173. The second-order valence-electron chi connectivity index (χ2n) is 4.73. The van der Waals surface area contributed by atoms with Crippen LogP contribution in [0.1, 0.15) is 0 Å². The largest absolute Gasteiger partial charge is 0.482 e. The van der Waals surface area contributed by atoms with Crippen molar-refractivity contribution in [2.24, 2.45) is 0 Å². The summed E-state index contributed by atoms with van der Waals surface area (Å²) in [6, 6.07) is 20.2. The first-order chi connectivity index (χ1) is 10.7. The van der Waals surface area contributed by atoms with Crippen LogP contribution in [0.15, 0.2) is 66.7 Å². The number of esters is 1. The molecule has 0 aliphatic carbocycles. The van der Waals surface area contributed by atoms with Crippen molar-refractivity contribution in [1.29, 1.82) is 0 Å². The number of hydrogen-bond donors (Lipinski definition) is 0. The van der Waals surface area contributed by atoms with Crippen molar-refractivity contribution < 1.29 is 14.3 Å². The SMILES string of the molecule is O=C(COc1cccc(Cl)c1)Oc1ccc2ccccc2c1. The Balaban J connectivity index is 1.63. The molecule has 0 aromatic heterocycles. The molecule has 0 radical (unpaired) electrons. The van der Waals surface area contributed by atoms with Crippen molar-refractivity contribution in [3.63, 3.8) is 0 Å². The van der Waals surface area contributed by atoms with Gasteiger partial charge in [-0.25, -0.2) is 4.79 Å².